The van der Waals surface area contributed by atoms with Gasteiger partial charge in [0.1, 0.15) is 0 Å². The second-order valence-corrected chi connectivity index (χ2v) is 4.18. The van der Waals surface area contributed by atoms with Crippen molar-refractivity contribution in [3.63, 3.8) is 0 Å². The first kappa shape index (κ1) is 12.5. The molecule has 1 unspecified atom stereocenters. The molecule has 2 N–H and O–H groups in total. The molecule has 1 rings (SSSR count). The maximum atomic E-state index is 11.6. The highest BCUT2D eigenvalue weighted by atomic mass is 16.3. The van der Waals surface area contributed by atoms with Crippen LogP contribution in [0.1, 0.15) is 12.5 Å². The molecule has 0 heterocycles. The molecule has 2 amide bonds. The van der Waals surface area contributed by atoms with Crippen LogP contribution in [0.4, 0.5) is 4.79 Å². The molecule has 1 aromatic carbocycles. The molecule has 0 radical (unpaired) electrons. The number of aliphatic hydroxyl groups excluding tert-OH is 1. The lowest BCUT2D eigenvalue weighted by molar-refractivity contribution is 0.160. The summed E-state index contributed by atoms with van der Waals surface area (Å²) >= 11 is 0. The minimum atomic E-state index is -0.747. The molecule has 4 nitrogen and oxygen atoms in total. The van der Waals surface area contributed by atoms with Gasteiger partial charge in [0.05, 0.1) is 12.1 Å². The fraction of sp³-hybridized carbons (Fsp3) is 0.417. The molecule has 1 aromatic rings. The topological polar surface area (TPSA) is 52.6 Å². The molecular weight excluding hydrogens is 204 g/mol. The Balaban J connectivity index is 2.90. The Hall–Kier alpha value is -1.55. The minimum Gasteiger partial charge on any atom is -0.394 e. The van der Waals surface area contributed by atoms with Crippen molar-refractivity contribution in [1.82, 2.24) is 10.2 Å². The Bertz CT molecular complexity index is 351. The monoisotopic (exact) mass is 222 g/mol. The van der Waals surface area contributed by atoms with E-state index in [4.69, 9.17) is 0 Å². The number of nitrogens with zero attached hydrogens (tertiary/aromatic N) is 1. The van der Waals surface area contributed by atoms with Crippen molar-refractivity contribution in [2.75, 3.05) is 20.7 Å². The van der Waals surface area contributed by atoms with Gasteiger partial charge in [-0.25, -0.2) is 4.79 Å². The van der Waals surface area contributed by atoms with Crippen molar-refractivity contribution < 1.29 is 9.90 Å². The van der Waals surface area contributed by atoms with Crippen molar-refractivity contribution in [3.8, 4) is 0 Å². The molecule has 0 saturated carbocycles. The number of amides is 2. The SMILES string of the molecule is CN(C)C(=O)NC(C)(CO)c1ccccc1. The van der Waals surface area contributed by atoms with Gasteiger partial charge in [-0.3, -0.25) is 0 Å². The fourth-order valence-corrected chi connectivity index (χ4v) is 1.36. The predicted octanol–water partition coefficient (Wildman–Crippen LogP) is 1.17. The van der Waals surface area contributed by atoms with Gasteiger partial charge in [-0.2, -0.15) is 0 Å². The summed E-state index contributed by atoms with van der Waals surface area (Å²) in [5.74, 6) is 0. The van der Waals surface area contributed by atoms with Crippen LogP contribution in [0, 0.1) is 0 Å². The van der Waals surface area contributed by atoms with Crippen molar-refractivity contribution in [2.24, 2.45) is 0 Å². The number of aliphatic hydroxyl groups is 1. The third kappa shape index (κ3) is 2.73. The van der Waals surface area contributed by atoms with E-state index in [1.807, 2.05) is 30.3 Å². The van der Waals surface area contributed by atoms with E-state index in [2.05, 4.69) is 5.32 Å². The molecule has 0 aliphatic rings. The Morgan fingerprint density at radius 2 is 1.94 bits per heavy atom. The highest BCUT2D eigenvalue weighted by Crippen LogP contribution is 2.19. The summed E-state index contributed by atoms with van der Waals surface area (Å²) in [6.45, 7) is 1.65. The Morgan fingerprint density at radius 1 is 1.38 bits per heavy atom. The molecule has 0 fully saturated rings. The van der Waals surface area contributed by atoms with Crippen LogP contribution < -0.4 is 5.32 Å². The van der Waals surface area contributed by atoms with Gasteiger partial charge in [0, 0.05) is 14.1 Å². The smallest absolute Gasteiger partial charge is 0.317 e. The van der Waals surface area contributed by atoms with Crippen molar-refractivity contribution in [1.29, 1.82) is 0 Å². The molecule has 16 heavy (non-hydrogen) atoms. The van der Waals surface area contributed by atoms with Gasteiger partial charge < -0.3 is 15.3 Å². The zero-order chi connectivity index (χ0) is 12.2. The van der Waals surface area contributed by atoms with Gasteiger partial charge in [-0.15, -0.1) is 0 Å². The number of rotatable bonds is 3. The van der Waals surface area contributed by atoms with E-state index in [1.54, 1.807) is 21.0 Å². The second-order valence-electron chi connectivity index (χ2n) is 4.18. The summed E-state index contributed by atoms with van der Waals surface area (Å²) < 4.78 is 0. The van der Waals surface area contributed by atoms with E-state index >= 15 is 0 Å². The molecule has 4 heteroatoms. The molecule has 1 atom stereocenters. The summed E-state index contributed by atoms with van der Waals surface area (Å²) in [4.78, 5) is 13.0. The maximum Gasteiger partial charge on any atom is 0.317 e. The fourth-order valence-electron chi connectivity index (χ4n) is 1.36. The van der Waals surface area contributed by atoms with E-state index in [0.29, 0.717) is 0 Å². The maximum absolute atomic E-state index is 11.6. The molecule has 0 aromatic heterocycles. The molecule has 0 bridgehead atoms. The Kier molecular flexibility index (Phi) is 3.90. The number of benzene rings is 1. The molecule has 0 aliphatic carbocycles. The lowest BCUT2D eigenvalue weighted by Gasteiger charge is -2.30. The van der Waals surface area contributed by atoms with Crippen LogP contribution in [0.5, 0.6) is 0 Å². The zero-order valence-corrected chi connectivity index (χ0v) is 9.90. The highest BCUT2D eigenvalue weighted by Gasteiger charge is 2.28. The van der Waals surface area contributed by atoms with Crippen LogP contribution in [-0.4, -0.2) is 36.7 Å². The molecule has 0 spiro atoms. The summed E-state index contributed by atoms with van der Waals surface area (Å²) in [5, 5.41) is 12.2. The summed E-state index contributed by atoms with van der Waals surface area (Å²) in [6, 6.07) is 9.20. The van der Waals surface area contributed by atoms with E-state index in [1.165, 1.54) is 4.90 Å². The highest BCUT2D eigenvalue weighted by molar-refractivity contribution is 5.74. The van der Waals surface area contributed by atoms with E-state index < -0.39 is 5.54 Å². The van der Waals surface area contributed by atoms with Gasteiger partial charge in [-0.1, -0.05) is 30.3 Å². The lowest BCUT2D eigenvalue weighted by Crippen LogP contribution is -2.49. The first-order valence-corrected chi connectivity index (χ1v) is 5.15. The van der Waals surface area contributed by atoms with Crippen LogP contribution in [0.25, 0.3) is 0 Å². The lowest BCUT2D eigenvalue weighted by atomic mass is 9.93. The minimum absolute atomic E-state index is 0.142. The molecule has 0 aliphatic heterocycles. The Morgan fingerprint density at radius 3 is 2.38 bits per heavy atom. The van der Waals surface area contributed by atoms with Gasteiger partial charge in [-0.05, 0) is 12.5 Å². The average molecular weight is 222 g/mol. The number of hydrogen-bond acceptors (Lipinski definition) is 2. The van der Waals surface area contributed by atoms with Crippen LogP contribution in [0.3, 0.4) is 0 Å². The van der Waals surface area contributed by atoms with Gasteiger partial charge >= 0.3 is 6.03 Å². The number of hydrogen-bond donors (Lipinski definition) is 2. The van der Waals surface area contributed by atoms with Crippen molar-refractivity contribution in [2.45, 2.75) is 12.5 Å². The zero-order valence-electron chi connectivity index (χ0n) is 9.90. The van der Waals surface area contributed by atoms with Gasteiger partial charge in [0.25, 0.3) is 0 Å². The quantitative estimate of drug-likeness (QED) is 0.806. The predicted molar refractivity (Wildman–Crippen MR) is 63.1 cm³/mol. The number of carbonyl (C=O) groups excluding carboxylic acids is 1. The average Bonchev–Trinajstić information content (AvgIpc) is 2.29. The summed E-state index contributed by atoms with van der Waals surface area (Å²) in [5.41, 5.74) is 0.135. The van der Waals surface area contributed by atoms with Crippen LogP contribution >= 0.6 is 0 Å². The van der Waals surface area contributed by atoms with Crippen LogP contribution in [0.15, 0.2) is 30.3 Å². The first-order valence-electron chi connectivity index (χ1n) is 5.15. The van der Waals surface area contributed by atoms with Crippen LogP contribution in [0.2, 0.25) is 0 Å². The molecule has 0 saturated heterocycles. The van der Waals surface area contributed by atoms with E-state index in [9.17, 15) is 9.90 Å². The molecular formula is C12H18N2O2. The third-order valence-corrected chi connectivity index (χ3v) is 2.52. The summed E-state index contributed by atoms with van der Waals surface area (Å²) in [7, 11) is 3.33. The van der Waals surface area contributed by atoms with E-state index in [0.717, 1.165) is 5.56 Å². The van der Waals surface area contributed by atoms with Crippen LogP contribution in [-0.2, 0) is 5.54 Å². The number of nitrogens with one attached hydrogen (secondary N) is 1. The third-order valence-electron chi connectivity index (χ3n) is 2.52. The van der Waals surface area contributed by atoms with Gasteiger partial charge in [0.2, 0.25) is 0 Å². The second kappa shape index (κ2) is 4.99. The number of carbonyl (C=O) groups is 1. The van der Waals surface area contributed by atoms with E-state index in [-0.39, 0.29) is 12.6 Å². The first-order chi connectivity index (χ1) is 7.49. The van der Waals surface area contributed by atoms with Crippen molar-refractivity contribution >= 4 is 6.03 Å². The largest absolute Gasteiger partial charge is 0.394 e. The normalized spacial score (nSPS) is 14.0. The number of urea groups is 1. The standard InChI is InChI=1S/C12H18N2O2/c1-12(9-15,13-11(16)14(2)3)10-7-5-4-6-8-10/h4-8,15H,9H2,1-3H3,(H,13,16). The molecule has 88 valence electrons. The van der Waals surface area contributed by atoms with Crippen molar-refractivity contribution in [3.05, 3.63) is 35.9 Å². The Labute approximate surface area is 95.9 Å². The van der Waals surface area contributed by atoms with Gasteiger partial charge in [0.15, 0.2) is 0 Å². The summed E-state index contributed by atoms with van der Waals surface area (Å²) in [6.07, 6.45) is 0.